The van der Waals surface area contributed by atoms with Gasteiger partial charge in [0.05, 0.1) is 11.1 Å². The molecule has 0 radical (unpaired) electrons. The number of para-hydroxylation sites is 1. The molecule has 0 atom stereocenters. The standard InChI is InChI=1S/C13H9N3O3S/c17-10(18)7-20-13-16-15-12(19-13)9-5-1-3-8-4-2-6-14-11(8)9/h1-6H,7H2,(H,17,18). The Morgan fingerprint density at radius 3 is 2.95 bits per heavy atom. The molecule has 0 saturated carbocycles. The summed E-state index contributed by atoms with van der Waals surface area (Å²) in [5.74, 6) is -0.709. The van der Waals surface area contributed by atoms with Crippen LogP contribution in [0.4, 0.5) is 0 Å². The van der Waals surface area contributed by atoms with E-state index >= 15 is 0 Å². The first kappa shape index (κ1) is 12.6. The summed E-state index contributed by atoms with van der Waals surface area (Å²) in [6.45, 7) is 0. The number of carboxylic acids is 1. The van der Waals surface area contributed by atoms with Crippen molar-refractivity contribution in [3.05, 3.63) is 36.5 Å². The third-order valence-electron chi connectivity index (χ3n) is 2.59. The number of fused-ring (bicyclic) bond motifs is 1. The van der Waals surface area contributed by atoms with E-state index in [1.54, 1.807) is 6.20 Å². The van der Waals surface area contributed by atoms with E-state index in [2.05, 4.69) is 15.2 Å². The molecule has 6 nitrogen and oxygen atoms in total. The molecule has 0 bridgehead atoms. The third-order valence-corrected chi connectivity index (χ3v) is 3.39. The van der Waals surface area contributed by atoms with Crippen molar-refractivity contribution < 1.29 is 14.3 Å². The van der Waals surface area contributed by atoms with Gasteiger partial charge >= 0.3 is 5.97 Å². The number of thioether (sulfide) groups is 1. The Kier molecular flexibility index (Phi) is 3.34. The van der Waals surface area contributed by atoms with Gasteiger partial charge in [-0.2, -0.15) is 0 Å². The molecule has 0 aliphatic rings. The Hall–Kier alpha value is -2.41. The van der Waals surface area contributed by atoms with Crippen LogP contribution in [-0.4, -0.2) is 32.0 Å². The van der Waals surface area contributed by atoms with Crippen LogP contribution in [0.15, 0.2) is 46.2 Å². The second-order valence-corrected chi connectivity index (χ2v) is 4.86. The molecule has 0 aliphatic carbocycles. The van der Waals surface area contributed by atoms with Crippen molar-refractivity contribution in [1.82, 2.24) is 15.2 Å². The lowest BCUT2D eigenvalue weighted by atomic mass is 10.1. The van der Waals surface area contributed by atoms with Crippen LogP contribution < -0.4 is 0 Å². The highest BCUT2D eigenvalue weighted by atomic mass is 32.2. The van der Waals surface area contributed by atoms with Gasteiger partial charge in [-0.3, -0.25) is 9.78 Å². The van der Waals surface area contributed by atoms with E-state index in [9.17, 15) is 4.79 Å². The third kappa shape index (κ3) is 2.48. The molecule has 1 aromatic carbocycles. The predicted molar refractivity (Wildman–Crippen MR) is 73.4 cm³/mol. The van der Waals surface area contributed by atoms with E-state index in [1.165, 1.54) is 0 Å². The fourth-order valence-electron chi connectivity index (χ4n) is 1.78. The van der Waals surface area contributed by atoms with Gasteiger partial charge in [-0.15, -0.1) is 10.2 Å². The van der Waals surface area contributed by atoms with E-state index in [0.717, 1.165) is 28.2 Å². The fraction of sp³-hybridized carbons (Fsp3) is 0.0769. The lowest BCUT2D eigenvalue weighted by molar-refractivity contribution is -0.133. The number of pyridine rings is 1. The van der Waals surface area contributed by atoms with Crippen molar-refractivity contribution in [3.8, 4) is 11.5 Å². The number of carboxylic acid groups (broad SMARTS) is 1. The molecule has 0 unspecified atom stereocenters. The summed E-state index contributed by atoms with van der Waals surface area (Å²) in [4.78, 5) is 14.8. The average molecular weight is 287 g/mol. The molecule has 0 fully saturated rings. The van der Waals surface area contributed by atoms with E-state index in [1.807, 2.05) is 30.3 Å². The zero-order valence-corrected chi connectivity index (χ0v) is 11.0. The summed E-state index contributed by atoms with van der Waals surface area (Å²) < 4.78 is 5.47. The van der Waals surface area contributed by atoms with E-state index in [0.29, 0.717) is 5.89 Å². The molecule has 2 aromatic heterocycles. The minimum absolute atomic E-state index is 0.116. The van der Waals surface area contributed by atoms with Gasteiger partial charge < -0.3 is 9.52 Å². The van der Waals surface area contributed by atoms with Gasteiger partial charge in [0.1, 0.15) is 5.75 Å². The number of carbonyl (C=O) groups is 1. The zero-order chi connectivity index (χ0) is 13.9. The molecule has 0 amide bonds. The Morgan fingerprint density at radius 1 is 1.25 bits per heavy atom. The van der Waals surface area contributed by atoms with Gasteiger partial charge in [0.15, 0.2) is 0 Å². The van der Waals surface area contributed by atoms with Crippen LogP contribution in [-0.2, 0) is 4.79 Å². The average Bonchev–Trinajstić information content (AvgIpc) is 2.93. The van der Waals surface area contributed by atoms with Gasteiger partial charge in [0, 0.05) is 11.6 Å². The highest BCUT2D eigenvalue weighted by molar-refractivity contribution is 7.99. The quantitative estimate of drug-likeness (QED) is 0.737. The summed E-state index contributed by atoms with van der Waals surface area (Å²) in [7, 11) is 0. The molecule has 3 rings (SSSR count). The van der Waals surface area contributed by atoms with Gasteiger partial charge in [-0.05, 0) is 12.1 Å². The summed E-state index contributed by atoms with van der Waals surface area (Å²) >= 11 is 0.989. The van der Waals surface area contributed by atoms with Crippen molar-refractivity contribution in [2.45, 2.75) is 5.22 Å². The summed E-state index contributed by atoms with van der Waals surface area (Å²) in [6.07, 6.45) is 1.70. The molecule has 0 saturated heterocycles. The highest BCUT2D eigenvalue weighted by Gasteiger charge is 2.13. The largest absolute Gasteiger partial charge is 0.481 e. The van der Waals surface area contributed by atoms with E-state index in [-0.39, 0.29) is 11.0 Å². The predicted octanol–water partition coefficient (Wildman–Crippen LogP) is 2.46. The topological polar surface area (TPSA) is 89.1 Å². The van der Waals surface area contributed by atoms with Crippen molar-refractivity contribution in [1.29, 1.82) is 0 Å². The lowest BCUT2D eigenvalue weighted by Gasteiger charge is -2.00. The second-order valence-electron chi connectivity index (χ2n) is 3.94. The number of aliphatic carboxylic acids is 1. The van der Waals surface area contributed by atoms with Crippen molar-refractivity contribution in [3.63, 3.8) is 0 Å². The lowest BCUT2D eigenvalue weighted by Crippen LogP contribution is -1.97. The van der Waals surface area contributed by atoms with Crippen LogP contribution in [0.1, 0.15) is 0 Å². The number of benzene rings is 1. The van der Waals surface area contributed by atoms with Gasteiger partial charge in [-0.1, -0.05) is 30.0 Å². The van der Waals surface area contributed by atoms with Crippen LogP contribution >= 0.6 is 11.8 Å². The maximum atomic E-state index is 10.5. The smallest absolute Gasteiger partial charge is 0.314 e. The molecule has 0 aliphatic heterocycles. The highest BCUT2D eigenvalue weighted by Crippen LogP contribution is 2.28. The number of nitrogens with zero attached hydrogens (tertiary/aromatic N) is 3. The molecular formula is C13H9N3O3S. The molecule has 100 valence electrons. The molecule has 20 heavy (non-hydrogen) atoms. The molecule has 0 spiro atoms. The SMILES string of the molecule is O=C(O)CSc1nnc(-c2cccc3cccnc23)o1. The van der Waals surface area contributed by atoms with Crippen LogP contribution in [0, 0.1) is 0 Å². The normalized spacial score (nSPS) is 10.8. The first-order valence-corrected chi connectivity index (χ1v) is 6.75. The molecule has 1 N–H and O–H groups in total. The Bertz CT molecular complexity index is 767. The number of hydrogen-bond donors (Lipinski definition) is 1. The van der Waals surface area contributed by atoms with Crippen molar-refractivity contribution in [2.24, 2.45) is 0 Å². The van der Waals surface area contributed by atoms with Crippen LogP contribution in [0.2, 0.25) is 0 Å². The summed E-state index contributed by atoms with van der Waals surface area (Å²) in [6, 6.07) is 9.47. The van der Waals surface area contributed by atoms with Crippen molar-refractivity contribution in [2.75, 3.05) is 5.75 Å². The summed E-state index contributed by atoms with van der Waals surface area (Å²) in [5, 5.41) is 17.6. The Morgan fingerprint density at radius 2 is 2.10 bits per heavy atom. The van der Waals surface area contributed by atoms with Crippen LogP contribution in [0.25, 0.3) is 22.4 Å². The van der Waals surface area contributed by atoms with Crippen LogP contribution in [0.5, 0.6) is 0 Å². The van der Waals surface area contributed by atoms with E-state index < -0.39 is 5.97 Å². The number of aromatic nitrogens is 3. The molecule has 7 heteroatoms. The molecule has 2 heterocycles. The Labute approximate surface area is 117 Å². The molecule has 3 aromatic rings. The minimum Gasteiger partial charge on any atom is -0.481 e. The first-order chi connectivity index (χ1) is 9.74. The molecular weight excluding hydrogens is 278 g/mol. The second kappa shape index (κ2) is 5.30. The Balaban J connectivity index is 1.97. The van der Waals surface area contributed by atoms with E-state index in [4.69, 9.17) is 9.52 Å². The monoisotopic (exact) mass is 287 g/mol. The number of rotatable bonds is 4. The zero-order valence-electron chi connectivity index (χ0n) is 10.2. The van der Waals surface area contributed by atoms with Crippen molar-refractivity contribution >= 4 is 28.6 Å². The fourth-order valence-corrected chi connectivity index (χ4v) is 2.26. The summed E-state index contributed by atoms with van der Waals surface area (Å²) in [5.41, 5.74) is 1.51. The maximum absolute atomic E-state index is 10.5. The van der Waals surface area contributed by atoms with Gasteiger partial charge in [0.2, 0.25) is 0 Å². The first-order valence-electron chi connectivity index (χ1n) is 5.76. The van der Waals surface area contributed by atoms with Gasteiger partial charge in [-0.25, -0.2) is 0 Å². The van der Waals surface area contributed by atoms with Gasteiger partial charge in [0.25, 0.3) is 11.1 Å². The number of hydrogen-bond acceptors (Lipinski definition) is 6. The van der Waals surface area contributed by atoms with Crippen LogP contribution in [0.3, 0.4) is 0 Å². The maximum Gasteiger partial charge on any atom is 0.314 e. The minimum atomic E-state index is -0.929.